The molecule has 3 rings (SSSR count). The number of benzene rings is 1. The highest BCUT2D eigenvalue weighted by Gasteiger charge is 2.35. The van der Waals surface area contributed by atoms with Crippen molar-refractivity contribution in [2.24, 2.45) is 5.92 Å². The zero-order valence-electron chi connectivity index (χ0n) is 12.7. The number of aliphatic hydroxyl groups is 1. The third-order valence-electron chi connectivity index (χ3n) is 4.84. The van der Waals surface area contributed by atoms with E-state index in [1.165, 1.54) is 5.56 Å². The second kappa shape index (κ2) is 5.68. The van der Waals surface area contributed by atoms with E-state index in [9.17, 15) is 9.90 Å². The van der Waals surface area contributed by atoms with E-state index in [1.807, 2.05) is 24.1 Å². The van der Waals surface area contributed by atoms with Crippen molar-refractivity contribution in [1.29, 1.82) is 0 Å². The molecule has 0 spiro atoms. The Bertz CT molecular complexity index is 537. The molecule has 4 nitrogen and oxygen atoms in total. The maximum Gasteiger partial charge on any atom is 0.230 e. The molecule has 1 aromatic rings. The molecule has 1 fully saturated rings. The molecule has 114 valence electrons. The Labute approximate surface area is 125 Å². The highest BCUT2D eigenvalue weighted by molar-refractivity contribution is 5.85. The van der Waals surface area contributed by atoms with Gasteiger partial charge in [-0.3, -0.25) is 4.79 Å². The van der Waals surface area contributed by atoms with Crippen LogP contribution in [-0.2, 0) is 11.2 Å². The van der Waals surface area contributed by atoms with Crippen molar-refractivity contribution in [1.82, 2.24) is 4.90 Å². The lowest BCUT2D eigenvalue weighted by Crippen LogP contribution is -2.41. The van der Waals surface area contributed by atoms with Crippen LogP contribution in [0.4, 0.5) is 0 Å². The van der Waals surface area contributed by atoms with Crippen molar-refractivity contribution in [2.45, 2.75) is 37.7 Å². The smallest absolute Gasteiger partial charge is 0.230 e. The van der Waals surface area contributed by atoms with Gasteiger partial charge in [-0.25, -0.2) is 0 Å². The number of hydrogen-bond acceptors (Lipinski definition) is 3. The summed E-state index contributed by atoms with van der Waals surface area (Å²) >= 11 is 0. The summed E-state index contributed by atoms with van der Waals surface area (Å²) < 4.78 is 5.44. The van der Waals surface area contributed by atoms with Crippen LogP contribution in [0.15, 0.2) is 18.2 Å². The maximum absolute atomic E-state index is 12.7. The molecule has 2 aliphatic carbocycles. The molecule has 21 heavy (non-hydrogen) atoms. The number of ether oxygens (including phenoxy) is 1. The molecule has 1 unspecified atom stereocenters. The summed E-state index contributed by atoms with van der Waals surface area (Å²) in [4.78, 5) is 14.6. The first-order chi connectivity index (χ1) is 10.1. The molecule has 1 aromatic carbocycles. The average molecular weight is 289 g/mol. The van der Waals surface area contributed by atoms with E-state index < -0.39 is 0 Å². The fourth-order valence-electron chi connectivity index (χ4n) is 3.66. The lowest BCUT2D eigenvalue weighted by molar-refractivity contribution is -0.133. The van der Waals surface area contributed by atoms with Gasteiger partial charge < -0.3 is 14.7 Å². The van der Waals surface area contributed by atoms with E-state index in [0.717, 1.165) is 43.5 Å². The SMILES string of the molecule is COc1cccc2c1C(C(=O)N(C)CC1CC(O)C1)CC2. The molecule has 4 heteroatoms. The van der Waals surface area contributed by atoms with Crippen LogP contribution in [0.25, 0.3) is 0 Å². The summed E-state index contributed by atoms with van der Waals surface area (Å²) in [6.07, 6.45) is 3.29. The standard InChI is InChI=1S/C17H23NO3/c1-18(10-11-8-13(19)9-11)17(20)14-7-6-12-4-3-5-15(21-2)16(12)14/h3-5,11,13-14,19H,6-10H2,1-2H3. The third kappa shape index (κ3) is 2.64. The number of aliphatic hydroxyl groups excluding tert-OH is 1. The number of aryl methyl sites for hydroxylation is 1. The van der Waals surface area contributed by atoms with Crippen molar-refractivity contribution in [3.63, 3.8) is 0 Å². The number of methoxy groups -OCH3 is 1. The fraction of sp³-hybridized carbons (Fsp3) is 0.588. The monoisotopic (exact) mass is 289 g/mol. The van der Waals surface area contributed by atoms with Gasteiger partial charge in [-0.05, 0) is 43.2 Å². The van der Waals surface area contributed by atoms with Crippen LogP contribution in [0, 0.1) is 5.92 Å². The van der Waals surface area contributed by atoms with Gasteiger partial charge in [0.05, 0.1) is 19.1 Å². The molecule has 1 atom stereocenters. The van der Waals surface area contributed by atoms with E-state index >= 15 is 0 Å². The molecule has 1 saturated carbocycles. The summed E-state index contributed by atoms with van der Waals surface area (Å²) in [7, 11) is 3.54. The number of likely N-dealkylation sites (N-methyl/N-ethyl adjacent to an activating group) is 1. The van der Waals surface area contributed by atoms with Crippen LogP contribution in [-0.4, -0.2) is 42.7 Å². The topological polar surface area (TPSA) is 49.8 Å². The number of amides is 1. The summed E-state index contributed by atoms with van der Waals surface area (Å²) in [5, 5.41) is 9.36. The van der Waals surface area contributed by atoms with Crippen LogP contribution in [0.5, 0.6) is 5.75 Å². The van der Waals surface area contributed by atoms with E-state index in [4.69, 9.17) is 4.74 Å². The predicted octanol–water partition coefficient (Wildman–Crippen LogP) is 1.95. The van der Waals surface area contributed by atoms with Gasteiger partial charge in [0.2, 0.25) is 5.91 Å². The van der Waals surface area contributed by atoms with E-state index in [1.54, 1.807) is 7.11 Å². The number of carbonyl (C=O) groups excluding carboxylic acids is 1. The molecular formula is C17H23NO3. The Kier molecular flexibility index (Phi) is 3.89. The quantitative estimate of drug-likeness (QED) is 0.922. The second-order valence-electron chi connectivity index (χ2n) is 6.33. The third-order valence-corrected chi connectivity index (χ3v) is 4.84. The minimum Gasteiger partial charge on any atom is -0.496 e. The van der Waals surface area contributed by atoms with Gasteiger partial charge in [0.15, 0.2) is 0 Å². The highest BCUT2D eigenvalue weighted by atomic mass is 16.5. The van der Waals surface area contributed by atoms with Crippen LogP contribution >= 0.6 is 0 Å². The molecule has 0 aliphatic heterocycles. The first-order valence-electron chi connectivity index (χ1n) is 7.69. The Morgan fingerprint density at radius 2 is 2.19 bits per heavy atom. The number of hydrogen-bond donors (Lipinski definition) is 1. The summed E-state index contributed by atoms with van der Waals surface area (Å²) in [6, 6.07) is 6.02. The van der Waals surface area contributed by atoms with Gasteiger partial charge >= 0.3 is 0 Å². The van der Waals surface area contributed by atoms with Crippen molar-refractivity contribution < 1.29 is 14.6 Å². The molecular weight excluding hydrogens is 266 g/mol. The fourth-order valence-corrected chi connectivity index (χ4v) is 3.66. The average Bonchev–Trinajstić information content (AvgIpc) is 2.88. The largest absolute Gasteiger partial charge is 0.496 e. The van der Waals surface area contributed by atoms with Crippen LogP contribution in [0.3, 0.4) is 0 Å². The first-order valence-corrected chi connectivity index (χ1v) is 7.69. The van der Waals surface area contributed by atoms with Crippen molar-refractivity contribution in [3.8, 4) is 5.75 Å². The summed E-state index contributed by atoms with van der Waals surface area (Å²) in [5.74, 6) is 1.38. The van der Waals surface area contributed by atoms with E-state index in [-0.39, 0.29) is 17.9 Å². The Hall–Kier alpha value is -1.55. The van der Waals surface area contributed by atoms with Crippen molar-refractivity contribution >= 4 is 5.91 Å². The van der Waals surface area contributed by atoms with E-state index in [2.05, 4.69) is 6.07 Å². The first kappa shape index (κ1) is 14.4. The van der Waals surface area contributed by atoms with E-state index in [0.29, 0.717) is 5.92 Å². The summed E-state index contributed by atoms with van der Waals surface area (Å²) in [6.45, 7) is 0.747. The van der Waals surface area contributed by atoms with Crippen LogP contribution < -0.4 is 4.74 Å². The van der Waals surface area contributed by atoms with Gasteiger partial charge in [-0.1, -0.05) is 12.1 Å². The molecule has 2 aliphatic rings. The van der Waals surface area contributed by atoms with Crippen molar-refractivity contribution in [2.75, 3.05) is 20.7 Å². The number of carbonyl (C=O) groups is 1. The van der Waals surface area contributed by atoms with Crippen LogP contribution in [0.1, 0.15) is 36.3 Å². The van der Waals surface area contributed by atoms with Crippen molar-refractivity contribution in [3.05, 3.63) is 29.3 Å². The van der Waals surface area contributed by atoms with Gasteiger partial charge in [0, 0.05) is 19.2 Å². The number of rotatable bonds is 4. The number of fused-ring (bicyclic) bond motifs is 1. The molecule has 0 bridgehead atoms. The Balaban J connectivity index is 1.72. The molecule has 0 aromatic heterocycles. The lowest BCUT2D eigenvalue weighted by atomic mass is 9.82. The summed E-state index contributed by atoms with van der Waals surface area (Å²) in [5.41, 5.74) is 2.31. The van der Waals surface area contributed by atoms with Gasteiger partial charge in [-0.15, -0.1) is 0 Å². The van der Waals surface area contributed by atoms with Gasteiger partial charge in [0.1, 0.15) is 5.75 Å². The highest BCUT2D eigenvalue weighted by Crippen LogP contribution is 2.40. The maximum atomic E-state index is 12.7. The molecule has 1 N–H and O–H groups in total. The zero-order valence-corrected chi connectivity index (χ0v) is 12.7. The normalized spacial score (nSPS) is 26.9. The Morgan fingerprint density at radius 1 is 1.43 bits per heavy atom. The molecule has 1 amide bonds. The molecule has 0 saturated heterocycles. The van der Waals surface area contributed by atoms with Crippen LogP contribution in [0.2, 0.25) is 0 Å². The Morgan fingerprint density at radius 3 is 2.86 bits per heavy atom. The van der Waals surface area contributed by atoms with Gasteiger partial charge in [0.25, 0.3) is 0 Å². The predicted molar refractivity (Wildman–Crippen MR) is 80.4 cm³/mol. The lowest BCUT2D eigenvalue weighted by Gasteiger charge is -2.35. The molecule has 0 heterocycles. The zero-order chi connectivity index (χ0) is 15.0. The minimum absolute atomic E-state index is 0.0776. The molecule has 0 radical (unpaired) electrons. The minimum atomic E-state index is -0.161. The van der Waals surface area contributed by atoms with Gasteiger partial charge in [-0.2, -0.15) is 0 Å². The second-order valence-corrected chi connectivity index (χ2v) is 6.33. The number of nitrogens with zero attached hydrogens (tertiary/aromatic N) is 1.